The molecule has 0 aromatic heterocycles. The summed E-state index contributed by atoms with van der Waals surface area (Å²) in [5, 5.41) is 0.727. The number of halogens is 2. The Bertz CT molecular complexity index is 1870. The lowest BCUT2D eigenvalue weighted by atomic mass is 9.77. The molecule has 0 saturated carbocycles. The number of alkyl halides is 1. The third-order valence-corrected chi connectivity index (χ3v) is 8.43. The van der Waals surface area contributed by atoms with Gasteiger partial charge in [-0.25, -0.2) is 14.4 Å². The van der Waals surface area contributed by atoms with Crippen LogP contribution in [-0.2, 0) is 15.7 Å². The van der Waals surface area contributed by atoms with E-state index in [2.05, 4.69) is 15.9 Å². The molecule has 9 heteroatoms. The fourth-order valence-corrected chi connectivity index (χ4v) is 6.31. The Morgan fingerprint density at radius 1 is 0.727 bits per heavy atom. The third kappa shape index (κ3) is 4.54. The highest BCUT2D eigenvalue weighted by atomic mass is 79.9. The molecule has 216 valence electrons. The molecule has 2 heterocycles. The average Bonchev–Trinajstić information content (AvgIpc) is 3.35. The molecule has 7 nitrogen and oxygen atoms in total. The zero-order valence-corrected chi connectivity index (χ0v) is 25.1. The van der Waals surface area contributed by atoms with Crippen LogP contribution in [0.3, 0.4) is 0 Å². The van der Waals surface area contributed by atoms with E-state index in [1.165, 1.54) is 0 Å². The van der Waals surface area contributed by atoms with Crippen LogP contribution >= 0.6 is 27.5 Å². The summed E-state index contributed by atoms with van der Waals surface area (Å²) < 4.78 is 23.9. The normalized spacial score (nSPS) is 13.6. The Morgan fingerprint density at radius 3 is 1.75 bits per heavy atom. The zero-order chi connectivity index (χ0) is 30.4. The first-order valence-corrected chi connectivity index (χ1v) is 15.0. The Morgan fingerprint density at radius 2 is 1.25 bits per heavy atom. The van der Waals surface area contributed by atoms with E-state index in [9.17, 15) is 14.4 Å². The standard InChI is InChI=1S/C35H20BrClO7/c36-19-22-11-16-27(37)31-30(22)34(40)44-35(31)25-14-12-23(41-32(38)20-7-3-1-4-8-20)17-28(25)43-29-18-24(13-15-26(29)35)42-33(39)21-9-5-2-6-10-21/h1-18H,19H2. The van der Waals surface area contributed by atoms with Crippen LogP contribution < -0.4 is 14.2 Å². The van der Waals surface area contributed by atoms with E-state index in [1.54, 1.807) is 109 Å². The maximum absolute atomic E-state index is 13.5. The van der Waals surface area contributed by atoms with E-state index < -0.39 is 23.5 Å². The first-order valence-electron chi connectivity index (χ1n) is 13.5. The molecular formula is C35H20BrClO7. The number of ether oxygens (including phenoxy) is 4. The van der Waals surface area contributed by atoms with Gasteiger partial charge in [-0.1, -0.05) is 70.0 Å². The fourth-order valence-electron chi connectivity index (χ4n) is 5.56. The molecule has 1 spiro atoms. The SMILES string of the molecule is O=C(Oc1ccc2c(c1)Oc1cc(OC(=O)c3ccccc3)ccc1C21OC(=O)c2c(CBr)ccc(Cl)c21)c1ccccc1. The predicted octanol–water partition coefficient (Wildman–Crippen LogP) is 8.24. The van der Waals surface area contributed by atoms with Gasteiger partial charge in [0.1, 0.15) is 23.0 Å². The van der Waals surface area contributed by atoms with Crippen molar-refractivity contribution in [3.8, 4) is 23.0 Å². The molecule has 0 N–H and O–H groups in total. The van der Waals surface area contributed by atoms with Gasteiger partial charge in [0.2, 0.25) is 0 Å². The largest absolute Gasteiger partial charge is 0.456 e. The molecule has 0 amide bonds. The molecule has 44 heavy (non-hydrogen) atoms. The smallest absolute Gasteiger partial charge is 0.343 e. The van der Waals surface area contributed by atoms with Crippen LogP contribution in [0.25, 0.3) is 0 Å². The highest BCUT2D eigenvalue weighted by Crippen LogP contribution is 2.59. The summed E-state index contributed by atoms with van der Waals surface area (Å²) >= 11 is 10.3. The molecular weight excluding hydrogens is 648 g/mol. The van der Waals surface area contributed by atoms with Gasteiger partial charge in [-0.05, 0) is 60.2 Å². The van der Waals surface area contributed by atoms with E-state index in [4.69, 9.17) is 30.5 Å². The van der Waals surface area contributed by atoms with Crippen molar-refractivity contribution in [2.45, 2.75) is 10.9 Å². The Labute approximate surface area is 265 Å². The minimum absolute atomic E-state index is 0.215. The van der Waals surface area contributed by atoms with Crippen molar-refractivity contribution in [3.05, 3.63) is 153 Å². The van der Waals surface area contributed by atoms with Crippen LogP contribution in [0, 0.1) is 0 Å². The number of benzene rings is 5. The first-order chi connectivity index (χ1) is 21.4. The summed E-state index contributed by atoms with van der Waals surface area (Å²) in [6, 6.07) is 30.4. The van der Waals surface area contributed by atoms with Gasteiger partial charge < -0.3 is 18.9 Å². The average molecular weight is 668 g/mol. The van der Waals surface area contributed by atoms with Crippen LogP contribution in [-0.4, -0.2) is 17.9 Å². The highest BCUT2D eigenvalue weighted by Gasteiger charge is 2.55. The Balaban J connectivity index is 1.36. The maximum Gasteiger partial charge on any atom is 0.343 e. The molecule has 7 rings (SSSR count). The molecule has 5 aromatic rings. The van der Waals surface area contributed by atoms with Gasteiger partial charge in [0, 0.05) is 39.2 Å². The highest BCUT2D eigenvalue weighted by molar-refractivity contribution is 9.08. The number of carbonyl (C=O) groups excluding carboxylic acids is 3. The molecule has 0 atom stereocenters. The van der Waals surface area contributed by atoms with Crippen LogP contribution in [0.1, 0.15) is 53.3 Å². The molecule has 0 unspecified atom stereocenters. The van der Waals surface area contributed by atoms with Gasteiger partial charge in [0.25, 0.3) is 0 Å². The molecule has 2 aliphatic heterocycles. The summed E-state index contributed by atoms with van der Waals surface area (Å²) in [6.45, 7) is 0. The number of rotatable bonds is 5. The second-order valence-electron chi connectivity index (χ2n) is 10.1. The van der Waals surface area contributed by atoms with Crippen molar-refractivity contribution in [1.82, 2.24) is 0 Å². The predicted molar refractivity (Wildman–Crippen MR) is 165 cm³/mol. The van der Waals surface area contributed by atoms with E-state index in [0.717, 1.165) is 0 Å². The maximum atomic E-state index is 13.5. The van der Waals surface area contributed by atoms with Gasteiger partial charge in [0.05, 0.1) is 16.7 Å². The zero-order valence-electron chi connectivity index (χ0n) is 22.7. The fraction of sp³-hybridized carbons (Fsp3) is 0.0571. The molecule has 0 bridgehead atoms. The summed E-state index contributed by atoms with van der Waals surface area (Å²) in [7, 11) is 0. The number of hydrogen-bond acceptors (Lipinski definition) is 7. The van der Waals surface area contributed by atoms with Gasteiger partial charge in [-0.2, -0.15) is 0 Å². The van der Waals surface area contributed by atoms with Gasteiger partial charge >= 0.3 is 17.9 Å². The Hall–Kier alpha value is -4.92. The lowest BCUT2D eigenvalue weighted by molar-refractivity contribution is 0.0224. The van der Waals surface area contributed by atoms with Crippen molar-refractivity contribution >= 4 is 45.4 Å². The lowest BCUT2D eigenvalue weighted by Crippen LogP contribution is -2.33. The van der Waals surface area contributed by atoms with Gasteiger partial charge in [0.15, 0.2) is 5.60 Å². The van der Waals surface area contributed by atoms with Crippen LogP contribution in [0.2, 0.25) is 5.02 Å². The molecule has 0 fully saturated rings. The summed E-state index contributed by atoms with van der Waals surface area (Å²) in [4.78, 5) is 39.2. The van der Waals surface area contributed by atoms with Gasteiger partial charge in [-0.15, -0.1) is 0 Å². The number of hydrogen-bond donors (Lipinski definition) is 0. The Kier molecular flexibility index (Phi) is 6.95. The summed E-state index contributed by atoms with van der Waals surface area (Å²) in [5.41, 5.74) is 1.77. The van der Waals surface area contributed by atoms with Gasteiger partial charge in [-0.3, -0.25) is 0 Å². The van der Waals surface area contributed by atoms with Crippen molar-refractivity contribution < 1.29 is 33.3 Å². The molecule has 0 aliphatic carbocycles. The topological polar surface area (TPSA) is 88.1 Å². The van der Waals surface area contributed by atoms with Crippen molar-refractivity contribution in [3.63, 3.8) is 0 Å². The van der Waals surface area contributed by atoms with Crippen LogP contribution in [0.4, 0.5) is 0 Å². The quantitative estimate of drug-likeness (QED) is 0.106. The monoisotopic (exact) mass is 666 g/mol. The van der Waals surface area contributed by atoms with Crippen molar-refractivity contribution in [1.29, 1.82) is 0 Å². The number of fused-ring (bicyclic) bond motifs is 6. The minimum atomic E-state index is -1.49. The van der Waals surface area contributed by atoms with Crippen molar-refractivity contribution in [2.24, 2.45) is 0 Å². The van der Waals surface area contributed by atoms with Crippen LogP contribution in [0.5, 0.6) is 23.0 Å². The second-order valence-corrected chi connectivity index (χ2v) is 11.1. The lowest BCUT2D eigenvalue weighted by Gasteiger charge is -2.37. The first kappa shape index (κ1) is 27.9. The summed E-state index contributed by atoms with van der Waals surface area (Å²) in [5.74, 6) is -0.675. The third-order valence-electron chi connectivity index (χ3n) is 7.51. The summed E-state index contributed by atoms with van der Waals surface area (Å²) in [6.07, 6.45) is 0. The molecule has 0 saturated heterocycles. The number of esters is 3. The molecule has 5 aromatic carbocycles. The minimum Gasteiger partial charge on any atom is -0.456 e. The molecule has 2 aliphatic rings. The van der Waals surface area contributed by atoms with E-state index in [1.807, 2.05) is 0 Å². The van der Waals surface area contributed by atoms with E-state index in [0.29, 0.717) is 49.3 Å². The van der Waals surface area contributed by atoms with E-state index in [-0.39, 0.29) is 23.0 Å². The van der Waals surface area contributed by atoms with E-state index >= 15 is 0 Å². The molecule has 0 radical (unpaired) electrons. The van der Waals surface area contributed by atoms with Crippen LogP contribution in [0.15, 0.2) is 109 Å². The van der Waals surface area contributed by atoms with Crippen molar-refractivity contribution in [2.75, 3.05) is 0 Å². The second kappa shape index (κ2) is 11.0. The number of carbonyl (C=O) groups is 3.